The van der Waals surface area contributed by atoms with E-state index in [2.05, 4.69) is 164 Å². The number of benzene rings is 3. The Hall–Kier alpha value is -5.73. The summed E-state index contributed by atoms with van der Waals surface area (Å²) >= 11 is 7.78. The molecule has 3 aromatic carbocycles. The second-order valence-electron chi connectivity index (χ2n) is 31.1. The molecule has 0 radical (unpaired) electrons. The molecule has 0 aliphatic carbocycles. The van der Waals surface area contributed by atoms with Crippen LogP contribution in [0.1, 0.15) is 261 Å². The van der Waals surface area contributed by atoms with E-state index >= 15 is 0 Å². The van der Waals surface area contributed by atoms with E-state index in [1.165, 1.54) is 91.1 Å². The lowest BCUT2D eigenvalue weighted by atomic mass is 10.0. The fourth-order valence-corrected chi connectivity index (χ4v) is 17.9. The number of aliphatic hydroxyl groups excluding tert-OH is 2. The summed E-state index contributed by atoms with van der Waals surface area (Å²) in [4.78, 5) is 68.1. The standard InChI is InChI=1S/C30H45NO5SSi.C23H31NO3S.C23H39NO3Si.C7H7BrO2S.C2H3N/c1-8-9-10-11-26(36-38(6,7)30(2,3)4)23-12-14-24(15-13-23)31-25(16-17-28(31)32)20-35-19-22-18-27(37-21-22)29(33)34-5;1-3-4-5-6-22(25)19-7-9-20(10-8-19)24-21(11-12-23(24)26)15-27-14-18-13-17(2)28-16-18;1-7-8-9-10-21(27-28(5,6)23(2,3)4)18-11-13-19(14-12-18)24-20(17-25)15-16-22(24)26;1-10-7(9)6-2-5(3-8)4-11-6;1-2-3/h12-15,18,21,25-26H,8-11,16-17,19-20H2,1-7H3;7-10,13,16,21-22,25H,3-6,11-12,14-15H2,1-2H3;11-14,20-21,25H,7-10,15-17H2,1-6H3;2,4H,3H2,1H3;1H3/t25-,26?;21-,22?;20-,21?;;/m111../s1. The van der Waals surface area contributed by atoms with Crippen LogP contribution >= 0.6 is 49.9 Å². The minimum Gasteiger partial charge on any atom is -0.465 e. The van der Waals surface area contributed by atoms with Gasteiger partial charge in [-0.15, -0.1) is 34.0 Å². The molecule has 3 unspecified atom stereocenters. The molecule has 6 atom stereocenters. The van der Waals surface area contributed by atoms with E-state index in [1.807, 2.05) is 63.0 Å². The Morgan fingerprint density at radius 2 is 0.898 bits per heavy atom. The number of methoxy groups -OCH3 is 2. The van der Waals surface area contributed by atoms with Gasteiger partial charge in [-0.05, 0) is 186 Å². The maximum Gasteiger partial charge on any atom is 0.348 e. The molecule has 0 spiro atoms. The number of aryl methyl sites for hydroxylation is 1. The summed E-state index contributed by atoms with van der Waals surface area (Å²) in [5.41, 5.74) is 9.23. The minimum atomic E-state index is -1.93. The molecule has 0 bridgehead atoms. The van der Waals surface area contributed by atoms with Gasteiger partial charge in [0.15, 0.2) is 16.6 Å². The van der Waals surface area contributed by atoms with Gasteiger partial charge in [-0.3, -0.25) is 14.4 Å². The summed E-state index contributed by atoms with van der Waals surface area (Å²) in [5.74, 6) is -0.214. The molecule has 3 aliphatic heterocycles. The van der Waals surface area contributed by atoms with E-state index in [-0.39, 0.29) is 76.7 Å². The fraction of sp³-hybridized carbons (Fsp3) is 0.576. The zero-order chi connectivity index (χ0) is 79.8. The van der Waals surface area contributed by atoms with Crippen LogP contribution in [0.4, 0.5) is 17.1 Å². The van der Waals surface area contributed by atoms with E-state index in [9.17, 15) is 34.2 Å². The van der Waals surface area contributed by atoms with Gasteiger partial charge in [0.1, 0.15) is 9.75 Å². The number of ether oxygens (including phenoxy) is 4. The van der Waals surface area contributed by atoms with E-state index in [0.29, 0.717) is 55.4 Å². The molecular formula is C85H125BrN4O13S3Si2. The highest BCUT2D eigenvalue weighted by molar-refractivity contribution is 9.08. The van der Waals surface area contributed by atoms with Crippen molar-refractivity contribution in [3.05, 3.63) is 155 Å². The summed E-state index contributed by atoms with van der Waals surface area (Å²) in [6.07, 6.45) is 16.9. The molecule has 2 N–H and O–H groups in total. The number of carbonyl (C=O) groups is 5. The maximum atomic E-state index is 12.8. The van der Waals surface area contributed by atoms with Crippen molar-refractivity contribution in [2.75, 3.05) is 48.7 Å². The van der Waals surface area contributed by atoms with Crippen LogP contribution in [-0.4, -0.2) is 109 Å². The molecule has 3 saturated heterocycles. The molecule has 6 aromatic rings. The molecule has 108 heavy (non-hydrogen) atoms. The Morgan fingerprint density at radius 3 is 1.24 bits per heavy atom. The largest absolute Gasteiger partial charge is 0.465 e. The third kappa shape index (κ3) is 28.8. The number of nitrogens with zero attached hydrogens (tertiary/aromatic N) is 4. The highest BCUT2D eigenvalue weighted by atomic mass is 79.9. The fourth-order valence-electron chi connectivity index (χ4n) is 12.4. The molecule has 596 valence electrons. The van der Waals surface area contributed by atoms with Crippen molar-refractivity contribution < 1.29 is 62.0 Å². The smallest absolute Gasteiger partial charge is 0.348 e. The first-order valence-corrected chi connectivity index (χ1v) is 48.2. The second-order valence-corrected chi connectivity index (χ2v) is 44.1. The van der Waals surface area contributed by atoms with Crippen LogP contribution in [-0.2, 0) is 60.7 Å². The van der Waals surface area contributed by atoms with E-state index in [4.69, 9.17) is 28.3 Å². The van der Waals surface area contributed by atoms with Gasteiger partial charge in [0, 0.05) is 53.5 Å². The molecule has 0 saturated carbocycles. The SMILES string of the molecule is CC#N.CCCCCC(O)c1ccc(N2C(=O)CC[C@@H]2COCc2csc(C)c2)cc1.CCCCCC(O[Si](C)(C)C(C)(C)C)c1ccc(N2C(=O)CC[C@@H]2CO)cc1.CCCCCC(O[Si](C)(C)C(C)(C)C)c1ccc(N2C(=O)CC[C@@H]2COCc2csc(C(=O)OC)c2)cc1.COC(=O)c1cc(CBr)cs1. The van der Waals surface area contributed by atoms with Crippen LogP contribution < -0.4 is 14.7 Å². The number of aliphatic hydroxyl groups is 2. The minimum absolute atomic E-state index is 0.00380. The molecule has 17 nitrogen and oxygen atoms in total. The Kier molecular flexibility index (Phi) is 39.8. The number of halogens is 1. The summed E-state index contributed by atoms with van der Waals surface area (Å²) in [7, 11) is -1.04. The lowest BCUT2D eigenvalue weighted by molar-refractivity contribution is -0.118. The van der Waals surface area contributed by atoms with Gasteiger partial charge in [0.2, 0.25) is 17.7 Å². The highest BCUT2D eigenvalue weighted by Gasteiger charge is 2.42. The Morgan fingerprint density at radius 1 is 0.556 bits per heavy atom. The molecule has 3 amide bonds. The monoisotopic (exact) mass is 1640 g/mol. The average molecular weight is 1640 g/mol. The van der Waals surface area contributed by atoms with Gasteiger partial charge in [-0.25, -0.2) is 9.59 Å². The molecule has 6 heterocycles. The zero-order valence-electron chi connectivity index (χ0n) is 67.6. The van der Waals surface area contributed by atoms with Gasteiger partial charge >= 0.3 is 11.9 Å². The molecule has 3 fully saturated rings. The van der Waals surface area contributed by atoms with Crippen molar-refractivity contribution in [1.82, 2.24) is 0 Å². The Balaban J connectivity index is 0.000000269. The predicted molar refractivity (Wildman–Crippen MR) is 451 cm³/mol. The average Bonchev–Trinajstić information content (AvgIpc) is 1.57. The van der Waals surface area contributed by atoms with Crippen molar-refractivity contribution in [3.8, 4) is 6.07 Å². The van der Waals surface area contributed by atoms with Crippen molar-refractivity contribution >= 4 is 113 Å². The number of hydrogen-bond donors (Lipinski definition) is 2. The summed E-state index contributed by atoms with van der Waals surface area (Å²) in [5, 5.41) is 34.3. The van der Waals surface area contributed by atoms with Gasteiger partial charge in [0.05, 0.1) is 89.8 Å². The van der Waals surface area contributed by atoms with Crippen molar-refractivity contribution in [3.63, 3.8) is 0 Å². The van der Waals surface area contributed by atoms with Crippen LogP contribution in [0.5, 0.6) is 0 Å². The molecule has 3 aromatic heterocycles. The molecular weight excluding hydrogens is 1520 g/mol. The lowest BCUT2D eigenvalue weighted by Crippen LogP contribution is -2.41. The number of anilines is 3. The lowest BCUT2D eigenvalue weighted by Gasteiger charge is -2.39. The van der Waals surface area contributed by atoms with Gasteiger partial charge in [-0.2, -0.15) is 5.26 Å². The van der Waals surface area contributed by atoms with E-state index < -0.39 is 22.7 Å². The third-order valence-electron chi connectivity index (χ3n) is 20.7. The van der Waals surface area contributed by atoms with Crippen molar-refractivity contribution in [2.45, 2.75) is 283 Å². The molecule has 23 heteroatoms. The third-order valence-corrected chi connectivity index (χ3v) is 33.2. The summed E-state index contributed by atoms with van der Waals surface area (Å²) < 4.78 is 34.9. The van der Waals surface area contributed by atoms with Crippen LogP contribution in [0.15, 0.2) is 107 Å². The first-order chi connectivity index (χ1) is 51.3. The van der Waals surface area contributed by atoms with Crippen molar-refractivity contribution in [1.29, 1.82) is 5.26 Å². The Bertz CT molecular complexity index is 3710. The topological polar surface area (TPSA) is 215 Å². The normalized spacial score (nSPS) is 16.8. The number of hydrogen-bond acceptors (Lipinski definition) is 17. The number of thiophene rings is 3. The van der Waals surface area contributed by atoms with Gasteiger partial charge in [0.25, 0.3) is 0 Å². The molecule has 3 aliphatic rings. The van der Waals surface area contributed by atoms with Gasteiger partial charge in [-0.1, -0.05) is 172 Å². The number of nitriles is 1. The van der Waals surface area contributed by atoms with Crippen LogP contribution in [0.2, 0.25) is 36.3 Å². The number of carbonyl (C=O) groups excluding carboxylic acids is 5. The molecule has 9 rings (SSSR count). The number of alkyl halides is 1. The highest BCUT2D eigenvalue weighted by Crippen LogP contribution is 2.44. The van der Waals surface area contributed by atoms with E-state index in [0.717, 1.165) is 110 Å². The van der Waals surface area contributed by atoms with Crippen LogP contribution in [0.3, 0.4) is 0 Å². The zero-order valence-corrected chi connectivity index (χ0v) is 73.6. The number of amides is 3. The van der Waals surface area contributed by atoms with E-state index in [1.54, 1.807) is 28.4 Å². The first-order valence-electron chi connectivity index (χ1n) is 38.6. The number of esters is 2. The second kappa shape index (κ2) is 46.3. The first kappa shape index (κ1) is 92.9. The van der Waals surface area contributed by atoms with Crippen LogP contribution in [0, 0.1) is 18.3 Å². The quantitative estimate of drug-likeness (QED) is 0.0166. The van der Waals surface area contributed by atoms with Crippen LogP contribution in [0.25, 0.3) is 0 Å². The Labute approximate surface area is 668 Å². The summed E-state index contributed by atoms with van der Waals surface area (Å²) in [6.45, 7) is 35.1. The summed E-state index contributed by atoms with van der Waals surface area (Å²) in [6, 6.07) is 32.0. The van der Waals surface area contributed by atoms with Gasteiger partial charge < -0.3 is 52.7 Å². The number of unbranched alkanes of at least 4 members (excludes halogenated alkanes) is 6. The van der Waals surface area contributed by atoms with Crippen molar-refractivity contribution in [2.24, 2.45) is 0 Å². The number of rotatable bonds is 34. The maximum absolute atomic E-state index is 12.8. The predicted octanol–water partition coefficient (Wildman–Crippen LogP) is 22.0.